The lowest BCUT2D eigenvalue weighted by atomic mass is 10.2. The van der Waals surface area contributed by atoms with E-state index in [0.29, 0.717) is 19.0 Å². The zero-order valence-electron chi connectivity index (χ0n) is 11.8. The van der Waals surface area contributed by atoms with Gasteiger partial charge in [0.05, 0.1) is 11.9 Å². The normalized spacial score (nSPS) is 10.6. The molecule has 2 aromatic rings. The molecule has 2 N–H and O–H groups in total. The lowest BCUT2D eigenvalue weighted by Crippen LogP contribution is -2.36. The number of amides is 2. The number of carbonyl (C=O) groups is 1. The van der Waals surface area contributed by atoms with Crippen molar-refractivity contribution in [2.24, 2.45) is 5.92 Å². The maximum absolute atomic E-state index is 11.5. The summed E-state index contributed by atoms with van der Waals surface area (Å²) in [5.41, 5.74) is 1.97. The van der Waals surface area contributed by atoms with Crippen molar-refractivity contribution in [2.75, 3.05) is 6.54 Å². The number of urea groups is 1. The van der Waals surface area contributed by atoms with Gasteiger partial charge in [0.2, 0.25) is 0 Å². The molecule has 0 bridgehead atoms. The predicted molar refractivity (Wildman–Crippen MR) is 78.6 cm³/mol. The Morgan fingerprint density at radius 3 is 2.70 bits per heavy atom. The molecule has 0 atom stereocenters. The van der Waals surface area contributed by atoms with Crippen LogP contribution in [0.2, 0.25) is 0 Å². The zero-order valence-corrected chi connectivity index (χ0v) is 11.8. The van der Waals surface area contributed by atoms with Gasteiger partial charge < -0.3 is 10.6 Å². The number of hydrogen-bond donors (Lipinski definition) is 2. The molecule has 2 rings (SSSR count). The van der Waals surface area contributed by atoms with Crippen LogP contribution in [0.1, 0.15) is 19.4 Å². The number of hydrogen-bond acceptors (Lipinski definition) is 2. The summed E-state index contributed by atoms with van der Waals surface area (Å²) in [4.78, 5) is 11.5. The Kier molecular flexibility index (Phi) is 4.76. The summed E-state index contributed by atoms with van der Waals surface area (Å²) in [7, 11) is 0. The van der Waals surface area contributed by atoms with E-state index in [1.807, 2.05) is 36.5 Å². The van der Waals surface area contributed by atoms with Crippen molar-refractivity contribution in [3.05, 3.63) is 48.3 Å². The van der Waals surface area contributed by atoms with Crippen LogP contribution in [0, 0.1) is 5.92 Å². The minimum atomic E-state index is -0.147. The highest BCUT2D eigenvalue weighted by atomic mass is 16.2. The summed E-state index contributed by atoms with van der Waals surface area (Å²) in [6, 6.07) is 9.72. The third-order valence-corrected chi connectivity index (χ3v) is 2.78. The fourth-order valence-electron chi connectivity index (χ4n) is 1.71. The van der Waals surface area contributed by atoms with E-state index in [9.17, 15) is 4.79 Å². The van der Waals surface area contributed by atoms with E-state index in [1.54, 1.807) is 10.9 Å². The lowest BCUT2D eigenvalue weighted by Gasteiger charge is -2.08. The molecular weight excluding hydrogens is 252 g/mol. The van der Waals surface area contributed by atoms with Gasteiger partial charge in [-0.2, -0.15) is 5.10 Å². The maximum Gasteiger partial charge on any atom is 0.315 e. The highest BCUT2D eigenvalue weighted by Crippen LogP contribution is 2.07. The molecule has 2 amide bonds. The number of nitrogens with one attached hydrogen (secondary N) is 2. The van der Waals surface area contributed by atoms with Crippen molar-refractivity contribution in [3.8, 4) is 5.69 Å². The number of benzene rings is 1. The van der Waals surface area contributed by atoms with E-state index >= 15 is 0 Å². The summed E-state index contributed by atoms with van der Waals surface area (Å²) < 4.78 is 1.79. The van der Waals surface area contributed by atoms with Crippen LogP contribution in [0.5, 0.6) is 0 Å². The molecule has 0 radical (unpaired) electrons. The van der Waals surface area contributed by atoms with E-state index in [-0.39, 0.29) is 6.03 Å². The van der Waals surface area contributed by atoms with E-state index in [2.05, 4.69) is 29.6 Å². The van der Waals surface area contributed by atoms with Gasteiger partial charge in [-0.05, 0) is 18.1 Å². The first-order chi connectivity index (χ1) is 9.65. The Labute approximate surface area is 119 Å². The minimum Gasteiger partial charge on any atom is -0.338 e. The second-order valence-corrected chi connectivity index (χ2v) is 5.09. The minimum absolute atomic E-state index is 0.147. The Morgan fingerprint density at radius 2 is 2.00 bits per heavy atom. The average Bonchev–Trinajstić information content (AvgIpc) is 2.93. The van der Waals surface area contributed by atoms with Crippen LogP contribution in [-0.4, -0.2) is 22.4 Å². The predicted octanol–water partition coefficient (Wildman–Crippen LogP) is 2.33. The Balaban J connectivity index is 1.86. The number of rotatable bonds is 5. The average molecular weight is 272 g/mol. The van der Waals surface area contributed by atoms with Gasteiger partial charge in [0.15, 0.2) is 0 Å². The second-order valence-electron chi connectivity index (χ2n) is 5.09. The first-order valence-corrected chi connectivity index (χ1v) is 6.76. The van der Waals surface area contributed by atoms with Crippen molar-refractivity contribution in [1.29, 1.82) is 0 Å². The smallest absolute Gasteiger partial charge is 0.315 e. The third kappa shape index (κ3) is 4.12. The molecule has 0 aliphatic heterocycles. The van der Waals surface area contributed by atoms with Gasteiger partial charge in [-0.25, -0.2) is 9.48 Å². The molecule has 0 spiro atoms. The second kappa shape index (κ2) is 6.75. The molecule has 5 heteroatoms. The summed E-state index contributed by atoms with van der Waals surface area (Å²) in [5.74, 6) is 0.446. The largest absolute Gasteiger partial charge is 0.338 e. The van der Waals surface area contributed by atoms with Crippen LogP contribution in [0.15, 0.2) is 42.7 Å². The van der Waals surface area contributed by atoms with Gasteiger partial charge >= 0.3 is 6.03 Å². The SMILES string of the molecule is CC(C)CNC(=O)NCc1cnn(-c2ccccc2)c1. The summed E-state index contributed by atoms with van der Waals surface area (Å²) in [6.07, 6.45) is 3.67. The molecule has 0 saturated heterocycles. The Bertz CT molecular complexity index is 548. The van der Waals surface area contributed by atoms with Crippen LogP contribution in [-0.2, 0) is 6.54 Å². The Hall–Kier alpha value is -2.30. The first kappa shape index (κ1) is 14.1. The van der Waals surface area contributed by atoms with Crippen molar-refractivity contribution in [2.45, 2.75) is 20.4 Å². The highest BCUT2D eigenvalue weighted by molar-refractivity contribution is 5.73. The zero-order chi connectivity index (χ0) is 14.4. The summed E-state index contributed by atoms with van der Waals surface area (Å²) >= 11 is 0. The number of carbonyl (C=O) groups excluding carboxylic acids is 1. The van der Waals surface area contributed by atoms with Crippen LogP contribution < -0.4 is 10.6 Å². The van der Waals surface area contributed by atoms with Crippen LogP contribution in [0.3, 0.4) is 0 Å². The van der Waals surface area contributed by atoms with Crippen LogP contribution >= 0.6 is 0 Å². The molecule has 0 aliphatic carbocycles. The summed E-state index contributed by atoms with van der Waals surface area (Å²) in [5, 5.41) is 9.91. The molecule has 1 aromatic heterocycles. The third-order valence-electron chi connectivity index (χ3n) is 2.78. The number of aromatic nitrogens is 2. The topological polar surface area (TPSA) is 59.0 Å². The molecule has 1 heterocycles. The standard InChI is InChI=1S/C15H20N4O/c1-12(2)8-16-15(20)17-9-13-10-18-19(11-13)14-6-4-3-5-7-14/h3-7,10-12H,8-9H2,1-2H3,(H2,16,17,20). The number of nitrogens with zero attached hydrogens (tertiary/aromatic N) is 2. The fraction of sp³-hybridized carbons (Fsp3) is 0.333. The first-order valence-electron chi connectivity index (χ1n) is 6.76. The van der Waals surface area contributed by atoms with Crippen molar-refractivity contribution >= 4 is 6.03 Å². The van der Waals surface area contributed by atoms with Crippen molar-refractivity contribution in [1.82, 2.24) is 20.4 Å². The lowest BCUT2D eigenvalue weighted by molar-refractivity contribution is 0.239. The van der Waals surface area contributed by atoms with Crippen LogP contribution in [0.4, 0.5) is 4.79 Å². The Morgan fingerprint density at radius 1 is 1.25 bits per heavy atom. The molecule has 20 heavy (non-hydrogen) atoms. The van der Waals surface area contributed by atoms with Gasteiger partial charge in [-0.1, -0.05) is 32.0 Å². The van der Waals surface area contributed by atoms with Gasteiger partial charge in [0.25, 0.3) is 0 Å². The van der Waals surface area contributed by atoms with Crippen molar-refractivity contribution < 1.29 is 4.79 Å². The maximum atomic E-state index is 11.5. The van der Waals surface area contributed by atoms with Crippen molar-refractivity contribution in [3.63, 3.8) is 0 Å². The van der Waals surface area contributed by atoms with E-state index in [4.69, 9.17) is 0 Å². The van der Waals surface area contributed by atoms with Gasteiger partial charge in [-0.3, -0.25) is 0 Å². The van der Waals surface area contributed by atoms with Gasteiger partial charge in [0.1, 0.15) is 0 Å². The molecule has 0 saturated carbocycles. The van der Waals surface area contributed by atoms with E-state index in [0.717, 1.165) is 11.3 Å². The molecule has 5 nitrogen and oxygen atoms in total. The summed E-state index contributed by atoms with van der Waals surface area (Å²) in [6.45, 7) is 5.26. The monoisotopic (exact) mass is 272 g/mol. The molecule has 0 aliphatic rings. The van der Waals surface area contributed by atoms with E-state index in [1.165, 1.54) is 0 Å². The molecule has 0 fully saturated rings. The van der Waals surface area contributed by atoms with Crippen LogP contribution in [0.25, 0.3) is 5.69 Å². The molecule has 1 aromatic carbocycles. The molecule has 0 unspecified atom stereocenters. The molecule has 106 valence electrons. The van der Waals surface area contributed by atoms with Gasteiger partial charge in [-0.15, -0.1) is 0 Å². The van der Waals surface area contributed by atoms with E-state index < -0.39 is 0 Å². The highest BCUT2D eigenvalue weighted by Gasteiger charge is 2.04. The quantitative estimate of drug-likeness (QED) is 0.877. The molecular formula is C15H20N4O. The fourth-order valence-corrected chi connectivity index (χ4v) is 1.71. The van der Waals surface area contributed by atoms with Gasteiger partial charge in [0, 0.05) is 24.8 Å². The number of para-hydroxylation sites is 1.